The van der Waals surface area contributed by atoms with E-state index < -0.39 is 0 Å². The van der Waals surface area contributed by atoms with Crippen LogP contribution in [0, 0.1) is 0 Å². The van der Waals surface area contributed by atoms with Gasteiger partial charge in [0.1, 0.15) is 5.75 Å². The molecule has 2 unspecified atom stereocenters. The SMILES string of the molecule is NC(=O)N1CC2CC1CN2CCc1ccc(Oc2nc3ccccc3s2)cc1. The lowest BCUT2D eigenvalue weighted by Gasteiger charge is -2.33. The van der Waals surface area contributed by atoms with E-state index in [-0.39, 0.29) is 6.03 Å². The first-order valence-corrected chi connectivity index (χ1v) is 10.4. The fourth-order valence-corrected chi connectivity index (χ4v) is 5.12. The third kappa shape index (κ3) is 3.31. The second-order valence-corrected chi connectivity index (χ2v) is 8.47. The smallest absolute Gasteiger partial charge is 0.315 e. The van der Waals surface area contributed by atoms with Crippen molar-refractivity contribution in [3.05, 3.63) is 54.1 Å². The third-order valence-corrected chi connectivity index (χ3v) is 6.64. The number of benzene rings is 2. The topological polar surface area (TPSA) is 71.7 Å². The van der Waals surface area contributed by atoms with Crippen molar-refractivity contribution in [2.75, 3.05) is 19.6 Å². The number of rotatable bonds is 5. The highest BCUT2D eigenvalue weighted by atomic mass is 32.1. The number of para-hydroxylation sites is 1. The number of urea groups is 1. The molecule has 144 valence electrons. The Kier molecular flexibility index (Phi) is 4.41. The number of likely N-dealkylation sites (tertiary alicyclic amines) is 2. The normalized spacial score (nSPS) is 21.5. The first-order chi connectivity index (χ1) is 13.7. The average Bonchev–Trinajstić information content (AvgIpc) is 3.40. The molecule has 1 aromatic heterocycles. The number of hydrogen-bond acceptors (Lipinski definition) is 5. The first kappa shape index (κ1) is 17.5. The van der Waals surface area contributed by atoms with Crippen molar-refractivity contribution in [1.82, 2.24) is 14.8 Å². The van der Waals surface area contributed by atoms with E-state index in [1.807, 2.05) is 35.2 Å². The second kappa shape index (κ2) is 7.07. The molecule has 0 radical (unpaired) electrons. The third-order valence-electron chi connectivity index (χ3n) is 5.73. The largest absolute Gasteiger partial charge is 0.431 e. The number of carbonyl (C=O) groups excluding carboxylic acids is 1. The Balaban J connectivity index is 1.17. The van der Waals surface area contributed by atoms with Crippen molar-refractivity contribution in [3.8, 4) is 10.9 Å². The number of thiazole rings is 1. The van der Waals surface area contributed by atoms with Crippen molar-refractivity contribution in [2.24, 2.45) is 5.73 Å². The Hall–Kier alpha value is -2.64. The average molecular weight is 395 g/mol. The minimum absolute atomic E-state index is 0.282. The van der Waals surface area contributed by atoms with E-state index in [1.54, 1.807) is 11.3 Å². The van der Waals surface area contributed by atoms with Gasteiger partial charge >= 0.3 is 6.03 Å². The van der Waals surface area contributed by atoms with Crippen molar-refractivity contribution in [2.45, 2.75) is 24.9 Å². The molecule has 2 atom stereocenters. The van der Waals surface area contributed by atoms with Gasteiger partial charge in [-0.05, 0) is 42.7 Å². The maximum Gasteiger partial charge on any atom is 0.315 e. The highest BCUT2D eigenvalue weighted by molar-refractivity contribution is 7.20. The van der Waals surface area contributed by atoms with Crippen LogP contribution in [-0.2, 0) is 6.42 Å². The number of carbonyl (C=O) groups is 1. The van der Waals surface area contributed by atoms with Crippen LogP contribution in [0.3, 0.4) is 0 Å². The van der Waals surface area contributed by atoms with Crippen LogP contribution in [-0.4, -0.2) is 52.5 Å². The molecular formula is C21H22N4O2S. The first-order valence-electron chi connectivity index (χ1n) is 9.58. The van der Waals surface area contributed by atoms with Crippen LogP contribution in [0.5, 0.6) is 10.9 Å². The molecule has 2 aliphatic heterocycles. The Morgan fingerprint density at radius 1 is 1.14 bits per heavy atom. The molecule has 2 bridgehead atoms. The summed E-state index contributed by atoms with van der Waals surface area (Å²) >= 11 is 1.56. The van der Waals surface area contributed by atoms with E-state index in [2.05, 4.69) is 28.1 Å². The lowest BCUT2D eigenvalue weighted by molar-refractivity contribution is 0.142. The van der Waals surface area contributed by atoms with Crippen molar-refractivity contribution < 1.29 is 9.53 Å². The molecule has 2 fully saturated rings. The highest BCUT2D eigenvalue weighted by Crippen LogP contribution is 2.32. The predicted octanol–water partition coefficient (Wildman–Crippen LogP) is 3.47. The van der Waals surface area contributed by atoms with Gasteiger partial charge in [0.15, 0.2) is 0 Å². The fourth-order valence-electron chi connectivity index (χ4n) is 4.29. The Morgan fingerprint density at radius 3 is 2.68 bits per heavy atom. The standard InChI is InChI=1S/C21H22N4O2S/c22-20(26)25-13-15-11-16(25)12-24(15)10-9-14-5-7-17(8-6-14)27-21-23-18-3-1-2-4-19(18)28-21/h1-8,15-16H,9-13H2,(H2,22,26). The maximum absolute atomic E-state index is 11.4. The number of fused-ring (bicyclic) bond motifs is 3. The van der Waals surface area contributed by atoms with E-state index in [4.69, 9.17) is 10.5 Å². The molecule has 0 aliphatic carbocycles. The molecule has 0 spiro atoms. The van der Waals surface area contributed by atoms with E-state index in [0.29, 0.717) is 17.3 Å². The summed E-state index contributed by atoms with van der Waals surface area (Å²) in [4.78, 5) is 20.2. The quantitative estimate of drug-likeness (QED) is 0.719. The summed E-state index contributed by atoms with van der Waals surface area (Å²) in [6, 6.07) is 16.8. The lowest BCUT2D eigenvalue weighted by atomic mass is 10.1. The van der Waals surface area contributed by atoms with E-state index in [0.717, 1.165) is 48.4 Å². The molecule has 0 saturated carbocycles. The molecule has 7 heteroatoms. The molecule has 2 amide bonds. The Bertz CT molecular complexity index is 970. The van der Waals surface area contributed by atoms with Crippen LogP contribution < -0.4 is 10.5 Å². The summed E-state index contributed by atoms with van der Waals surface area (Å²) in [7, 11) is 0. The number of nitrogens with two attached hydrogens (primary N) is 1. The van der Waals surface area contributed by atoms with Gasteiger partial charge in [0.05, 0.1) is 10.2 Å². The Labute approximate surface area is 167 Å². The zero-order valence-electron chi connectivity index (χ0n) is 15.5. The van der Waals surface area contributed by atoms with Gasteiger partial charge in [0.25, 0.3) is 5.19 Å². The molecule has 2 aliphatic rings. The van der Waals surface area contributed by atoms with Crippen molar-refractivity contribution in [3.63, 3.8) is 0 Å². The number of amides is 2. The molecule has 28 heavy (non-hydrogen) atoms. The highest BCUT2D eigenvalue weighted by Gasteiger charge is 2.44. The summed E-state index contributed by atoms with van der Waals surface area (Å²) < 4.78 is 7.05. The van der Waals surface area contributed by atoms with E-state index >= 15 is 0 Å². The van der Waals surface area contributed by atoms with Crippen LogP contribution in [0.1, 0.15) is 12.0 Å². The number of ether oxygens (including phenoxy) is 1. The number of nitrogens with zero attached hydrogens (tertiary/aromatic N) is 3. The zero-order chi connectivity index (χ0) is 19.1. The van der Waals surface area contributed by atoms with Gasteiger partial charge in [0, 0.05) is 31.7 Å². The zero-order valence-corrected chi connectivity index (χ0v) is 16.3. The van der Waals surface area contributed by atoms with Crippen LogP contribution in [0.25, 0.3) is 10.2 Å². The van der Waals surface area contributed by atoms with Gasteiger partial charge in [-0.3, -0.25) is 4.90 Å². The summed E-state index contributed by atoms with van der Waals surface area (Å²) in [5, 5.41) is 0.668. The number of primary amides is 1. The molecule has 6 nitrogen and oxygen atoms in total. The van der Waals surface area contributed by atoms with Crippen LogP contribution in [0.2, 0.25) is 0 Å². The molecule has 2 aromatic carbocycles. The van der Waals surface area contributed by atoms with Gasteiger partial charge in [-0.25, -0.2) is 9.78 Å². The summed E-state index contributed by atoms with van der Waals surface area (Å²) in [5.74, 6) is 0.806. The van der Waals surface area contributed by atoms with Crippen molar-refractivity contribution >= 4 is 27.6 Å². The van der Waals surface area contributed by atoms with Gasteiger partial charge in [-0.1, -0.05) is 35.6 Å². The van der Waals surface area contributed by atoms with Crippen LogP contribution in [0.4, 0.5) is 4.79 Å². The fraction of sp³-hybridized carbons (Fsp3) is 0.333. The molecule has 2 saturated heterocycles. The van der Waals surface area contributed by atoms with Crippen molar-refractivity contribution in [1.29, 1.82) is 0 Å². The monoisotopic (exact) mass is 394 g/mol. The maximum atomic E-state index is 11.4. The van der Waals surface area contributed by atoms with Gasteiger partial charge in [-0.15, -0.1) is 0 Å². The van der Waals surface area contributed by atoms with E-state index in [9.17, 15) is 4.79 Å². The minimum Gasteiger partial charge on any atom is -0.431 e. The molecular weight excluding hydrogens is 372 g/mol. The number of aromatic nitrogens is 1. The van der Waals surface area contributed by atoms with E-state index in [1.165, 1.54) is 5.56 Å². The van der Waals surface area contributed by atoms with Gasteiger partial charge in [-0.2, -0.15) is 0 Å². The van der Waals surface area contributed by atoms with Gasteiger partial charge < -0.3 is 15.4 Å². The summed E-state index contributed by atoms with van der Waals surface area (Å²) in [6.45, 7) is 2.72. The number of piperazine rings is 1. The predicted molar refractivity (Wildman–Crippen MR) is 110 cm³/mol. The molecule has 2 N–H and O–H groups in total. The Morgan fingerprint density at radius 2 is 1.96 bits per heavy atom. The van der Waals surface area contributed by atoms with Crippen LogP contribution in [0.15, 0.2) is 48.5 Å². The van der Waals surface area contributed by atoms with Crippen LogP contribution >= 0.6 is 11.3 Å². The van der Waals surface area contributed by atoms with Gasteiger partial charge in [0.2, 0.25) is 0 Å². The molecule has 3 aromatic rings. The summed E-state index contributed by atoms with van der Waals surface area (Å²) in [6.07, 6.45) is 2.04. The lowest BCUT2D eigenvalue weighted by Crippen LogP contribution is -2.50. The molecule has 3 heterocycles. The second-order valence-electron chi connectivity index (χ2n) is 7.47. The number of hydrogen-bond donors (Lipinski definition) is 1. The summed E-state index contributed by atoms with van der Waals surface area (Å²) in [5.41, 5.74) is 7.69. The molecule has 5 rings (SSSR count). The minimum atomic E-state index is -0.282.